The minimum absolute atomic E-state index is 0.355. The molecule has 16 heavy (non-hydrogen) atoms. The van der Waals surface area contributed by atoms with Gasteiger partial charge in [-0.2, -0.15) is 0 Å². The summed E-state index contributed by atoms with van der Waals surface area (Å²) < 4.78 is 1.11. The molecular weight excluding hydrogens is 264 g/mol. The first-order chi connectivity index (χ1) is 7.51. The largest absolute Gasteiger partial charge is 0.381 e. The van der Waals surface area contributed by atoms with E-state index in [9.17, 15) is 0 Å². The summed E-state index contributed by atoms with van der Waals surface area (Å²) in [6.07, 6.45) is 1.10. The van der Waals surface area contributed by atoms with Crippen molar-refractivity contribution >= 4 is 21.6 Å². The Balaban J connectivity index is 2.69. The molecule has 0 bridgehead atoms. The maximum absolute atomic E-state index is 5.77. The lowest BCUT2D eigenvalue weighted by molar-refractivity contribution is 0.522. The minimum atomic E-state index is 0.355. The monoisotopic (exact) mass is 284 g/mol. The van der Waals surface area contributed by atoms with Gasteiger partial charge in [0.25, 0.3) is 0 Å². The van der Waals surface area contributed by atoms with Crippen LogP contribution < -0.4 is 11.1 Å². The van der Waals surface area contributed by atoms with Crippen molar-refractivity contribution < 1.29 is 0 Å². The van der Waals surface area contributed by atoms with Crippen LogP contribution in [0, 0.1) is 12.8 Å². The SMILES string of the molecule is Cc1cc(Br)cc(NC(CN)CC(C)C)c1. The van der Waals surface area contributed by atoms with E-state index in [1.165, 1.54) is 5.56 Å². The molecule has 0 saturated carbocycles. The highest BCUT2D eigenvalue weighted by Gasteiger charge is 2.09. The Bertz CT molecular complexity index is 316. The van der Waals surface area contributed by atoms with E-state index in [0.29, 0.717) is 18.5 Å². The molecule has 2 nitrogen and oxygen atoms in total. The highest BCUT2D eigenvalue weighted by Crippen LogP contribution is 2.20. The summed E-state index contributed by atoms with van der Waals surface area (Å²) in [5.41, 5.74) is 8.16. The molecule has 0 aliphatic heterocycles. The van der Waals surface area contributed by atoms with Crippen molar-refractivity contribution in [1.82, 2.24) is 0 Å². The normalized spacial score (nSPS) is 12.9. The van der Waals surface area contributed by atoms with Crippen LogP contribution in [0.5, 0.6) is 0 Å². The van der Waals surface area contributed by atoms with E-state index < -0.39 is 0 Å². The fourth-order valence-electron chi connectivity index (χ4n) is 1.84. The first-order valence-corrected chi connectivity index (χ1v) is 6.54. The molecule has 0 aromatic heterocycles. The fraction of sp³-hybridized carbons (Fsp3) is 0.538. The molecule has 0 aliphatic rings. The molecule has 90 valence electrons. The van der Waals surface area contributed by atoms with Crippen molar-refractivity contribution in [3.63, 3.8) is 0 Å². The van der Waals surface area contributed by atoms with Gasteiger partial charge in [0.2, 0.25) is 0 Å². The Morgan fingerprint density at radius 1 is 1.31 bits per heavy atom. The third-order valence-corrected chi connectivity index (χ3v) is 2.91. The zero-order chi connectivity index (χ0) is 12.1. The summed E-state index contributed by atoms with van der Waals surface area (Å²) in [4.78, 5) is 0. The van der Waals surface area contributed by atoms with Gasteiger partial charge in [0.05, 0.1) is 0 Å². The highest BCUT2D eigenvalue weighted by atomic mass is 79.9. The van der Waals surface area contributed by atoms with Gasteiger partial charge in [-0.3, -0.25) is 0 Å². The summed E-state index contributed by atoms with van der Waals surface area (Å²) in [7, 11) is 0. The number of nitrogens with two attached hydrogens (primary N) is 1. The lowest BCUT2D eigenvalue weighted by atomic mass is 10.0. The number of nitrogens with one attached hydrogen (secondary N) is 1. The summed E-state index contributed by atoms with van der Waals surface area (Å²) >= 11 is 3.50. The zero-order valence-electron chi connectivity index (χ0n) is 10.3. The van der Waals surface area contributed by atoms with E-state index in [1.807, 2.05) is 0 Å². The molecule has 0 radical (unpaired) electrons. The topological polar surface area (TPSA) is 38.0 Å². The number of halogens is 1. The Hall–Kier alpha value is -0.540. The molecule has 3 N–H and O–H groups in total. The number of hydrogen-bond acceptors (Lipinski definition) is 2. The second-order valence-electron chi connectivity index (χ2n) is 4.72. The maximum Gasteiger partial charge on any atom is 0.0386 e. The molecule has 0 spiro atoms. The number of rotatable bonds is 5. The molecule has 1 unspecified atom stereocenters. The average Bonchev–Trinajstić information content (AvgIpc) is 2.14. The van der Waals surface area contributed by atoms with Crippen molar-refractivity contribution in [1.29, 1.82) is 0 Å². The van der Waals surface area contributed by atoms with Gasteiger partial charge in [-0.15, -0.1) is 0 Å². The Labute approximate surface area is 107 Å². The first-order valence-electron chi connectivity index (χ1n) is 5.75. The smallest absolute Gasteiger partial charge is 0.0386 e. The predicted octanol–water partition coefficient (Wildman–Crippen LogP) is 3.54. The molecule has 0 heterocycles. The van der Waals surface area contributed by atoms with Crippen LogP contribution in [0.4, 0.5) is 5.69 Å². The number of anilines is 1. The molecule has 0 aliphatic carbocycles. The van der Waals surface area contributed by atoms with Crippen LogP contribution >= 0.6 is 15.9 Å². The Morgan fingerprint density at radius 3 is 2.50 bits per heavy atom. The van der Waals surface area contributed by atoms with E-state index in [4.69, 9.17) is 5.73 Å². The van der Waals surface area contributed by atoms with Gasteiger partial charge in [-0.05, 0) is 43.0 Å². The van der Waals surface area contributed by atoms with E-state index in [2.05, 4.69) is 60.2 Å². The van der Waals surface area contributed by atoms with Crippen LogP contribution in [0.2, 0.25) is 0 Å². The molecule has 1 aromatic rings. The van der Waals surface area contributed by atoms with Gasteiger partial charge in [0, 0.05) is 22.7 Å². The molecular formula is C13H21BrN2. The van der Waals surface area contributed by atoms with Crippen LogP contribution in [0.15, 0.2) is 22.7 Å². The molecule has 1 atom stereocenters. The van der Waals surface area contributed by atoms with Crippen molar-refractivity contribution in [2.24, 2.45) is 11.7 Å². The van der Waals surface area contributed by atoms with Crippen LogP contribution in [0.3, 0.4) is 0 Å². The number of benzene rings is 1. The zero-order valence-corrected chi connectivity index (χ0v) is 11.8. The van der Waals surface area contributed by atoms with Crippen molar-refractivity contribution in [3.05, 3.63) is 28.2 Å². The Morgan fingerprint density at radius 2 is 2.00 bits per heavy atom. The van der Waals surface area contributed by atoms with Crippen LogP contribution in [0.1, 0.15) is 25.8 Å². The second kappa shape index (κ2) is 6.26. The first kappa shape index (κ1) is 13.5. The van der Waals surface area contributed by atoms with Crippen molar-refractivity contribution in [2.75, 3.05) is 11.9 Å². The van der Waals surface area contributed by atoms with E-state index in [1.54, 1.807) is 0 Å². The van der Waals surface area contributed by atoms with E-state index >= 15 is 0 Å². The standard InChI is InChI=1S/C13H21BrN2/c1-9(2)4-13(8-15)16-12-6-10(3)5-11(14)7-12/h5-7,9,13,16H,4,8,15H2,1-3H3. The van der Waals surface area contributed by atoms with Gasteiger partial charge in [-0.1, -0.05) is 29.8 Å². The molecule has 0 saturated heterocycles. The van der Waals surface area contributed by atoms with Gasteiger partial charge in [0.15, 0.2) is 0 Å². The fourth-order valence-corrected chi connectivity index (χ4v) is 2.45. The molecule has 0 fully saturated rings. The average molecular weight is 285 g/mol. The van der Waals surface area contributed by atoms with Crippen LogP contribution in [-0.4, -0.2) is 12.6 Å². The van der Waals surface area contributed by atoms with E-state index in [0.717, 1.165) is 16.6 Å². The summed E-state index contributed by atoms with van der Waals surface area (Å²) in [6, 6.07) is 6.70. The van der Waals surface area contributed by atoms with E-state index in [-0.39, 0.29) is 0 Å². The highest BCUT2D eigenvalue weighted by molar-refractivity contribution is 9.10. The quantitative estimate of drug-likeness (QED) is 0.868. The van der Waals surface area contributed by atoms with Gasteiger partial charge < -0.3 is 11.1 Å². The second-order valence-corrected chi connectivity index (χ2v) is 5.64. The molecule has 1 aromatic carbocycles. The van der Waals surface area contributed by atoms with Gasteiger partial charge in [0.1, 0.15) is 0 Å². The van der Waals surface area contributed by atoms with Crippen molar-refractivity contribution in [2.45, 2.75) is 33.2 Å². The maximum atomic E-state index is 5.77. The van der Waals surface area contributed by atoms with Gasteiger partial charge in [-0.25, -0.2) is 0 Å². The molecule has 0 amide bonds. The van der Waals surface area contributed by atoms with Crippen molar-refractivity contribution in [3.8, 4) is 0 Å². The lowest BCUT2D eigenvalue weighted by Gasteiger charge is -2.20. The summed E-state index contributed by atoms with van der Waals surface area (Å²) in [5, 5.41) is 3.49. The van der Waals surface area contributed by atoms with Crippen LogP contribution in [-0.2, 0) is 0 Å². The third kappa shape index (κ3) is 4.54. The molecule has 3 heteroatoms. The minimum Gasteiger partial charge on any atom is -0.381 e. The molecule has 1 rings (SSSR count). The van der Waals surface area contributed by atoms with Crippen LogP contribution in [0.25, 0.3) is 0 Å². The summed E-state index contributed by atoms with van der Waals surface area (Å²) in [5.74, 6) is 0.661. The predicted molar refractivity (Wildman–Crippen MR) is 74.8 cm³/mol. The Kier molecular flexibility index (Phi) is 5.29. The number of hydrogen-bond donors (Lipinski definition) is 2. The van der Waals surface area contributed by atoms with Gasteiger partial charge >= 0.3 is 0 Å². The number of aryl methyl sites for hydroxylation is 1. The summed E-state index contributed by atoms with van der Waals surface area (Å²) in [6.45, 7) is 7.20. The lowest BCUT2D eigenvalue weighted by Crippen LogP contribution is -2.30. The third-order valence-electron chi connectivity index (χ3n) is 2.45.